The van der Waals surface area contributed by atoms with Gasteiger partial charge in [0.1, 0.15) is 6.04 Å². The molecule has 0 bridgehead atoms. The molecule has 2 atom stereocenters. The monoisotopic (exact) mass is 233 g/mol. The van der Waals surface area contributed by atoms with Gasteiger partial charge in [0.15, 0.2) is 0 Å². The Morgan fingerprint density at radius 3 is 2.71 bits per heavy atom. The Hall–Kier alpha value is -1.35. The summed E-state index contributed by atoms with van der Waals surface area (Å²) in [5.74, 6) is 0.366. The number of methoxy groups -OCH3 is 1. The van der Waals surface area contributed by atoms with Crippen LogP contribution in [0.25, 0.3) is 0 Å². The van der Waals surface area contributed by atoms with Crippen LogP contribution >= 0.6 is 0 Å². The normalized spacial score (nSPS) is 24.4. The minimum atomic E-state index is -0.145. The summed E-state index contributed by atoms with van der Waals surface area (Å²) in [5, 5.41) is 3.27. The van der Waals surface area contributed by atoms with Crippen LogP contribution in [0.5, 0.6) is 0 Å². The molecule has 0 saturated carbocycles. The Bertz CT molecular complexity index is 395. The standard InChI is InChI=1S/C14H19NO2/c1-10-5-3-4-6-12(10)11-7-8-13(15-9-11)14(16)17-2/h3-6,11,13,15H,7-9H2,1-2H3. The quantitative estimate of drug-likeness (QED) is 0.794. The highest BCUT2D eigenvalue weighted by molar-refractivity contribution is 5.75. The van der Waals surface area contributed by atoms with E-state index in [1.54, 1.807) is 0 Å². The maximum absolute atomic E-state index is 11.4. The molecule has 1 saturated heterocycles. The molecule has 0 spiro atoms. The van der Waals surface area contributed by atoms with E-state index in [2.05, 4.69) is 36.5 Å². The Labute approximate surface area is 102 Å². The molecule has 1 heterocycles. The van der Waals surface area contributed by atoms with Crippen molar-refractivity contribution in [3.63, 3.8) is 0 Å². The molecule has 17 heavy (non-hydrogen) atoms. The zero-order chi connectivity index (χ0) is 12.3. The van der Waals surface area contributed by atoms with Crippen molar-refractivity contribution in [2.75, 3.05) is 13.7 Å². The van der Waals surface area contributed by atoms with Gasteiger partial charge in [-0.2, -0.15) is 0 Å². The van der Waals surface area contributed by atoms with E-state index in [1.807, 2.05) is 0 Å². The number of hydrogen-bond donors (Lipinski definition) is 1. The molecule has 2 rings (SSSR count). The Balaban J connectivity index is 2.00. The van der Waals surface area contributed by atoms with Gasteiger partial charge in [-0.05, 0) is 36.8 Å². The van der Waals surface area contributed by atoms with E-state index in [1.165, 1.54) is 18.2 Å². The van der Waals surface area contributed by atoms with Gasteiger partial charge in [0.05, 0.1) is 7.11 Å². The van der Waals surface area contributed by atoms with Gasteiger partial charge >= 0.3 is 5.97 Å². The summed E-state index contributed by atoms with van der Waals surface area (Å²) in [6, 6.07) is 8.34. The second kappa shape index (κ2) is 5.32. The van der Waals surface area contributed by atoms with Crippen LogP contribution in [0.3, 0.4) is 0 Å². The van der Waals surface area contributed by atoms with E-state index in [0.29, 0.717) is 5.92 Å². The third-order valence-electron chi connectivity index (χ3n) is 3.53. The van der Waals surface area contributed by atoms with Gasteiger partial charge in [-0.3, -0.25) is 4.79 Å². The largest absolute Gasteiger partial charge is 0.468 e. The lowest BCUT2D eigenvalue weighted by atomic mass is 9.86. The first-order chi connectivity index (χ1) is 8.22. The summed E-state index contributed by atoms with van der Waals surface area (Å²) in [5.41, 5.74) is 2.72. The molecule has 0 amide bonds. The third-order valence-corrected chi connectivity index (χ3v) is 3.53. The van der Waals surface area contributed by atoms with Gasteiger partial charge in [0, 0.05) is 6.54 Å². The second-order valence-corrected chi connectivity index (χ2v) is 4.61. The molecule has 3 heteroatoms. The summed E-state index contributed by atoms with van der Waals surface area (Å²) >= 11 is 0. The van der Waals surface area contributed by atoms with Crippen molar-refractivity contribution in [1.82, 2.24) is 5.32 Å². The summed E-state index contributed by atoms with van der Waals surface area (Å²) in [7, 11) is 1.44. The summed E-state index contributed by atoms with van der Waals surface area (Å²) in [6.07, 6.45) is 1.89. The molecule has 1 aromatic carbocycles. The number of carbonyl (C=O) groups is 1. The first-order valence-corrected chi connectivity index (χ1v) is 6.09. The maximum atomic E-state index is 11.4. The lowest BCUT2D eigenvalue weighted by Crippen LogP contribution is -2.43. The number of nitrogens with one attached hydrogen (secondary N) is 1. The molecule has 92 valence electrons. The van der Waals surface area contributed by atoms with Crippen LogP contribution in [0.15, 0.2) is 24.3 Å². The minimum Gasteiger partial charge on any atom is -0.468 e. The SMILES string of the molecule is COC(=O)C1CCC(c2ccccc2C)CN1. The van der Waals surface area contributed by atoms with Crippen LogP contribution < -0.4 is 5.32 Å². The number of hydrogen-bond acceptors (Lipinski definition) is 3. The fourth-order valence-corrected chi connectivity index (χ4v) is 2.51. The molecule has 1 aliphatic rings. The predicted molar refractivity (Wildman–Crippen MR) is 67.0 cm³/mol. The van der Waals surface area contributed by atoms with Gasteiger partial charge < -0.3 is 10.1 Å². The smallest absolute Gasteiger partial charge is 0.322 e. The van der Waals surface area contributed by atoms with Crippen LogP contribution in [0, 0.1) is 6.92 Å². The summed E-state index contributed by atoms with van der Waals surface area (Å²) in [4.78, 5) is 11.4. The average Bonchev–Trinajstić information content (AvgIpc) is 2.39. The van der Waals surface area contributed by atoms with Crippen molar-refractivity contribution >= 4 is 5.97 Å². The molecule has 0 aliphatic carbocycles. The molecular weight excluding hydrogens is 214 g/mol. The van der Waals surface area contributed by atoms with Crippen molar-refractivity contribution in [3.05, 3.63) is 35.4 Å². The predicted octanol–water partition coefficient (Wildman–Crippen LogP) is 2.00. The van der Waals surface area contributed by atoms with Crippen molar-refractivity contribution in [2.45, 2.75) is 31.7 Å². The number of ether oxygens (including phenoxy) is 1. The first kappa shape index (κ1) is 12.1. The second-order valence-electron chi connectivity index (χ2n) is 4.61. The average molecular weight is 233 g/mol. The van der Waals surface area contributed by atoms with Gasteiger partial charge in [-0.1, -0.05) is 24.3 Å². The van der Waals surface area contributed by atoms with E-state index in [0.717, 1.165) is 19.4 Å². The van der Waals surface area contributed by atoms with Crippen LogP contribution in [-0.2, 0) is 9.53 Å². The van der Waals surface area contributed by atoms with Crippen molar-refractivity contribution < 1.29 is 9.53 Å². The number of esters is 1. The highest BCUT2D eigenvalue weighted by Gasteiger charge is 2.27. The summed E-state index contributed by atoms with van der Waals surface area (Å²) < 4.78 is 4.75. The molecule has 0 radical (unpaired) electrons. The molecule has 1 aromatic rings. The van der Waals surface area contributed by atoms with E-state index in [9.17, 15) is 4.79 Å². The molecule has 3 nitrogen and oxygen atoms in total. The van der Waals surface area contributed by atoms with Crippen LogP contribution in [0.1, 0.15) is 29.9 Å². The highest BCUT2D eigenvalue weighted by atomic mass is 16.5. The lowest BCUT2D eigenvalue weighted by Gasteiger charge is -2.29. The summed E-state index contributed by atoms with van der Waals surface area (Å²) in [6.45, 7) is 2.99. The Kier molecular flexibility index (Phi) is 3.79. The van der Waals surface area contributed by atoms with Crippen LogP contribution in [0.2, 0.25) is 0 Å². The first-order valence-electron chi connectivity index (χ1n) is 6.09. The maximum Gasteiger partial charge on any atom is 0.322 e. The highest BCUT2D eigenvalue weighted by Crippen LogP contribution is 2.27. The number of benzene rings is 1. The van der Waals surface area contributed by atoms with Gasteiger partial charge in [-0.25, -0.2) is 0 Å². The van der Waals surface area contributed by atoms with E-state index in [4.69, 9.17) is 4.74 Å². The van der Waals surface area contributed by atoms with Crippen LogP contribution in [0.4, 0.5) is 0 Å². The molecule has 0 aromatic heterocycles. The topological polar surface area (TPSA) is 38.3 Å². The lowest BCUT2D eigenvalue weighted by molar-refractivity contribution is -0.143. The zero-order valence-electron chi connectivity index (χ0n) is 10.4. The van der Waals surface area contributed by atoms with Gasteiger partial charge in [0.25, 0.3) is 0 Å². The van der Waals surface area contributed by atoms with Gasteiger partial charge in [-0.15, -0.1) is 0 Å². The fraction of sp³-hybridized carbons (Fsp3) is 0.500. The van der Waals surface area contributed by atoms with E-state index in [-0.39, 0.29) is 12.0 Å². The number of carbonyl (C=O) groups excluding carboxylic acids is 1. The number of piperidine rings is 1. The van der Waals surface area contributed by atoms with Crippen molar-refractivity contribution in [2.24, 2.45) is 0 Å². The number of rotatable bonds is 2. The number of aryl methyl sites for hydroxylation is 1. The third kappa shape index (κ3) is 2.67. The molecular formula is C14H19NO2. The van der Waals surface area contributed by atoms with Crippen molar-refractivity contribution in [3.8, 4) is 0 Å². The Morgan fingerprint density at radius 2 is 2.12 bits per heavy atom. The van der Waals surface area contributed by atoms with Crippen molar-refractivity contribution in [1.29, 1.82) is 0 Å². The molecule has 2 unspecified atom stereocenters. The molecule has 1 fully saturated rings. The van der Waals surface area contributed by atoms with E-state index < -0.39 is 0 Å². The minimum absolute atomic E-state index is 0.125. The van der Waals surface area contributed by atoms with Gasteiger partial charge in [0.2, 0.25) is 0 Å². The van der Waals surface area contributed by atoms with Crippen LogP contribution in [-0.4, -0.2) is 25.7 Å². The Morgan fingerprint density at radius 1 is 1.35 bits per heavy atom. The molecule has 1 N–H and O–H groups in total. The fourth-order valence-electron chi connectivity index (χ4n) is 2.51. The zero-order valence-corrected chi connectivity index (χ0v) is 10.4. The molecule has 1 aliphatic heterocycles. The van der Waals surface area contributed by atoms with E-state index >= 15 is 0 Å².